The van der Waals surface area contributed by atoms with E-state index in [4.69, 9.17) is 0 Å². The molecule has 1 atom stereocenters. The Labute approximate surface area is 162 Å². The van der Waals surface area contributed by atoms with Crippen molar-refractivity contribution in [2.75, 3.05) is 0 Å². The molecule has 0 radical (unpaired) electrons. The van der Waals surface area contributed by atoms with Crippen molar-refractivity contribution in [3.05, 3.63) is 50.4 Å². The highest BCUT2D eigenvalue weighted by molar-refractivity contribution is 7.15. The van der Waals surface area contributed by atoms with E-state index in [1.54, 1.807) is 10.6 Å². The van der Waals surface area contributed by atoms with Crippen molar-refractivity contribution in [3.8, 4) is 10.6 Å². The van der Waals surface area contributed by atoms with Crippen LogP contribution in [-0.2, 0) is 6.42 Å². The fourth-order valence-corrected chi connectivity index (χ4v) is 5.10. The number of hydrogen-bond donors (Lipinski definition) is 2. The minimum atomic E-state index is -1.33. The number of aryl methyl sites for hydroxylation is 1. The first kappa shape index (κ1) is 17.5. The standard InChI is InChI=1S/C20H17FN2O4S/c21-13-6-11-18(25)12(20(26)27)8-23(9-4-5-9)19(11)22-17(13)16-7-10-14(24)2-1-3-15(10)28-16/h6-9,14,24H,1-5H2,(H,26,27). The second kappa shape index (κ2) is 6.22. The highest BCUT2D eigenvalue weighted by Crippen LogP contribution is 2.41. The Morgan fingerprint density at radius 3 is 2.75 bits per heavy atom. The average molecular weight is 400 g/mol. The van der Waals surface area contributed by atoms with Crippen LogP contribution in [-0.4, -0.2) is 25.7 Å². The van der Waals surface area contributed by atoms with Crippen LogP contribution in [0.1, 0.15) is 58.6 Å². The van der Waals surface area contributed by atoms with Crippen LogP contribution in [0.2, 0.25) is 0 Å². The molecule has 6 nitrogen and oxygen atoms in total. The minimum Gasteiger partial charge on any atom is -0.477 e. The number of carbonyl (C=O) groups is 1. The third kappa shape index (κ3) is 2.67. The molecule has 1 saturated carbocycles. The predicted octanol–water partition coefficient (Wildman–Crippen LogP) is 3.67. The van der Waals surface area contributed by atoms with Gasteiger partial charge in [0.2, 0.25) is 5.43 Å². The number of nitrogens with zero attached hydrogens (tertiary/aromatic N) is 2. The molecule has 2 N–H and O–H groups in total. The monoisotopic (exact) mass is 400 g/mol. The van der Waals surface area contributed by atoms with E-state index in [1.165, 1.54) is 17.5 Å². The maximum absolute atomic E-state index is 14.9. The van der Waals surface area contributed by atoms with Crippen molar-refractivity contribution >= 4 is 28.3 Å². The van der Waals surface area contributed by atoms with Crippen LogP contribution in [0.5, 0.6) is 0 Å². The summed E-state index contributed by atoms with van der Waals surface area (Å²) in [6.07, 6.45) is 4.94. The predicted molar refractivity (Wildman–Crippen MR) is 102 cm³/mol. The molecule has 2 aliphatic carbocycles. The Bertz CT molecular complexity index is 1200. The lowest BCUT2D eigenvalue weighted by atomic mass is 9.96. The summed E-state index contributed by atoms with van der Waals surface area (Å²) in [5.74, 6) is -1.99. The summed E-state index contributed by atoms with van der Waals surface area (Å²) in [6.45, 7) is 0. The molecule has 0 bridgehead atoms. The lowest BCUT2D eigenvalue weighted by molar-refractivity contribution is 0.0695. The van der Waals surface area contributed by atoms with Gasteiger partial charge in [-0.1, -0.05) is 0 Å². The van der Waals surface area contributed by atoms with Crippen molar-refractivity contribution in [2.45, 2.75) is 44.2 Å². The summed E-state index contributed by atoms with van der Waals surface area (Å²) in [4.78, 5) is 30.1. The number of hydrogen-bond acceptors (Lipinski definition) is 5. The Morgan fingerprint density at radius 2 is 2.07 bits per heavy atom. The van der Waals surface area contributed by atoms with Crippen LogP contribution in [0.3, 0.4) is 0 Å². The minimum absolute atomic E-state index is 0.0191. The van der Waals surface area contributed by atoms with Gasteiger partial charge in [-0.2, -0.15) is 0 Å². The zero-order valence-electron chi connectivity index (χ0n) is 14.8. The van der Waals surface area contributed by atoms with Gasteiger partial charge < -0.3 is 14.8 Å². The highest BCUT2D eigenvalue weighted by Gasteiger charge is 2.29. The summed E-state index contributed by atoms with van der Waals surface area (Å²) in [7, 11) is 0. The third-order valence-electron chi connectivity index (χ3n) is 5.44. The van der Waals surface area contributed by atoms with Gasteiger partial charge in [0.1, 0.15) is 16.9 Å². The van der Waals surface area contributed by atoms with Crippen LogP contribution in [0.4, 0.5) is 4.39 Å². The number of halogens is 1. The van der Waals surface area contributed by atoms with Gasteiger partial charge in [0.25, 0.3) is 0 Å². The molecule has 144 valence electrons. The molecule has 3 aromatic heterocycles. The smallest absolute Gasteiger partial charge is 0.341 e. The van der Waals surface area contributed by atoms with Crippen molar-refractivity contribution in [1.29, 1.82) is 0 Å². The van der Waals surface area contributed by atoms with E-state index < -0.39 is 23.3 Å². The number of aliphatic hydroxyl groups is 1. The molecular formula is C20H17FN2O4S. The van der Waals surface area contributed by atoms with Crippen LogP contribution in [0, 0.1) is 5.82 Å². The van der Waals surface area contributed by atoms with Gasteiger partial charge in [-0.3, -0.25) is 4.79 Å². The van der Waals surface area contributed by atoms with E-state index in [-0.39, 0.29) is 22.7 Å². The quantitative estimate of drug-likeness (QED) is 0.700. The number of aliphatic hydroxyl groups excluding tert-OH is 1. The summed E-state index contributed by atoms with van der Waals surface area (Å²) >= 11 is 1.41. The summed E-state index contributed by atoms with van der Waals surface area (Å²) in [5, 5.41) is 19.5. The number of thiophene rings is 1. The Kier molecular flexibility index (Phi) is 3.89. The van der Waals surface area contributed by atoms with E-state index in [1.807, 2.05) is 0 Å². The molecule has 5 rings (SSSR count). The molecular weight excluding hydrogens is 383 g/mol. The summed E-state index contributed by atoms with van der Waals surface area (Å²) in [6, 6.07) is 2.96. The number of carboxylic acid groups (broad SMARTS) is 1. The Morgan fingerprint density at radius 1 is 1.29 bits per heavy atom. The first-order valence-corrected chi connectivity index (χ1v) is 10.1. The van der Waals surface area contributed by atoms with Gasteiger partial charge in [0, 0.05) is 17.1 Å². The number of aromatic carboxylic acids is 1. The molecule has 28 heavy (non-hydrogen) atoms. The molecule has 1 unspecified atom stereocenters. The van der Waals surface area contributed by atoms with Crippen LogP contribution in [0.15, 0.2) is 23.1 Å². The molecule has 0 aromatic carbocycles. The molecule has 0 aliphatic heterocycles. The average Bonchev–Trinajstić information content (AvgIpc) is 3.40. The maximum atomic E-state index is 14.9. The number of carboxylic acids is 1. The number of rotatable bonds is 3. The van der Waals surface area contributed by atoms with E-state index in [9.17, 15) is 24.2 Å². The fourth-order valence-electron chi connectivity index (χ4n) is 3.85. The largest absolute Gasteiger partial charge is 0.477 e. The van der Waals surface area contributed by atoms with E-state index >= 15 is 0 Å². The first-order valence-electron chi connectivity index (χ1n) is 9.23. The molecule has 8 heteroatoms. The topological polar surface area (TPSA) is 92.4 Å². The molecule has 0 spiro atoms. The van der Waals surface area contributed by atoms with Gasteiger partial charge in [0.05, 0.1) is 16.4 Å². The van der Waals surface area contributed by atoms with Crippen LogP contribution < -0.4 is 5.43 Å². The van der Waals surface area contributed by atoms with Gasteiger partial charge in [-0.05, 0) is 49.8 Å². The number of pyridine rings is 2. The second-order valence-electron chi connectivity index (χ2n) is 7.40. The van der Waals surface area contributed by atoms with Gasteiger partial charge in [-0.15, -0.1) is 11.3 Å². The molecule has 3 heterocycles. The molecule has 1 fully saturated rings. The van der Waals surface area contributed by atoms with Crippen molar-refractivity contribution < 1.29 is 19.4 Å². The Balaban J connectivity index is 1.75. The zero-order chi connectivity index (χ0) is 19.6. The molecule has 0 amide bonds. The maximum Gasteiger partial charge on any atom is 0.341 e. The van der Waals surface area contributed by atoms with E-state index in [0.717, 1.165) is 42.2 Å². The first-order chi connectivity index (χ1) is 13.4. The van der Waals surface area contributed by atoms with Crippen LogP contribution >= 0.6 is 11.3 Å². The van der Waals surface area contributed by atoms with Crippen molar-refractivity contribution in [3.63, 3.8) is 0 Å². The number of aromatic nitrogens is 2. The van der Waals surface area contributed by atoms with E-state index in [2.05, 4.69) is 4.98 Å². The lowest BCUT2D eigenvalue weighted by Gasteiger charge is -2.16. The highest BCUT2D eigenvalue weighted by atomic mass is 32.1. The lowest BCUT2D eigenvalue weighted by Crippen LogP contribution is -2.19. The summed E-state index contributed by atoms with van der Waals surface area (Å²) < 4.78 is 16.6. The van der Waals surface area contributed by atoms with E-state index in [0.29, 0.717) is 16.9 Å². The van der Waals surface area contributed by atoms with Gasteiger partial charge in [0.15, 0.2) is 5.82 Å². The molecule has 0 saturated heterocycles. The second-order valence-corrected chi connectivity index (χ2v) is 8.54. The fraction of sp³-hybridized carbons (Fsp3) is 0.350. The van der Waals surface area contributed by atoms with Crippen LogP contribution in [0.25, 0.3) is 21.6 Å². The van der Waals surface area contributed by atoms with Gasteiger partial charge >= 0.3 is 5.97 Å². The van der Waals surface area contributed by atoms with Gasteiger partial charge in [-0.25, -0.2) is 14.2 Å². The van der Waals surface area contributed by atoms with Crippen molar-refractivity contribution in [2.24, 2.45) is 0 Å². The Hall–Kier alpha value is -2.58. The summed E-state index contributed by atoms with van der Waals surface area (Å²) in [5.41, 5.74) is 0.173. The molecule has 3 aromatic rings. The number of fused-ring (bicyclic) bond motifs is 2. The SMILES string of the molecule is O=C(O)c1cn(C2CC2)c2nc(-c3cc4c(s3)CCCC4O)c(F)cc2c1=O. The normalized spacial score (nSPS) is 19.0. The third-order valence-corrected chi connectivity index (χ3v) is 6.66. The zero-order valence-corrected chi connectivity index (χ0v) is 15.6. The molecule has 2 aliphatic rings. The van der Waals surface area contributed by atoms with Crippen molar-refractivity contribution in [1.82, 2.24) is 9.55 Å².